The molecule has 25 heavy (non-hydrogen) atoms. The maximum Gasteiger partial charge on any atom is 0.317 e. The molecule has 2 amide bonds. The summed E-state index contributed by atoms with van der Waals surface area (Å²) in [6, 6.07) is 2.10. The number of ether oxygens (including phenoxy) is 1. The Kier molecular flexibility index (Phi) is 6.41. The zero-order valence-electron chi connectivity index (χ0n) is 15.0. The summed E-state index contributed by atoms with van der Waals surface area (Å²) in [5.74, 6) is 0.945. The third-order valence-corrected chi connectivity index (χ3v) is 4.71. The van der Waals surface area contributed by atoms with E-state index in [9.17, 15) is 4.79 Å². The van der Waals surface area contributed by atoms with Crippen molar-refractivity contribution in [2.75, 3.05) is 57.9 Å². The van der Waals surface area contributed by atoms with E-state index in [1.165, 1.54) is 12.8 Å². The maximum atomic E-state index is 12.4. The number of urea groups is 1. The number of rotatable bonds is 7. The first-order chi connectivity index (χ1) is 12.3. The highest BCUT2D eigenvalue weighted by Gasteiger charge is 2.23. The van der Waals surface area contributed by atoms with Gasteiger partial charge in [-0.15, -0.1) is 5.10 Å². The van der Waals surface area contributed by atoms with Crippen LogP contribution in [0.3, 0.4) is 0 Å². The van der Waals surface area contributed by atoms with Crippen molar-refractivity contribution in [1.29, 1.82) is 0 Å². The van der Waals surface area contributed by atoms with Gasteiger partial charge in [0.05, 0.1) is 12.3 Å². The van der Waals surface area contributed by atoms with Crippen molar-refractivity contribution in [2.24, 2.45) is 0 Å². The molecule has 1 aromatic heterocycles. The Morgan fingerprint density at radius 1 is 1.20 bits per heavy atom. The summed E-state index contributed by atoms with van der Waals surface area (Å²) in [7, 11) is 1.68. The number of aromatic nitrogens is 2. The van der Waals surface area contributed by atoms with Gasteiger partial charge in [0.25, 0.3) is 0 Å². The normalized spacial score (nSPS) is 16.8. The van der Waals surface area contributed by atoms with Gasteiger partial charge in [0.2, 0.25) is 0 Å². The smallest absolute Gasteiger partial charge is 0.317 e. The number of hydrogen-bond donors (Lipinski definition) is 2. The number of methoxy groups -OCH3 is 1. The van der Waals surface area contributed by atoms with Gasteiger partial charge in [0.1, 0.15) is 0 Å². The van der Waals surface area contributed by atoms with Crippen LogP contribution in [0.25, 0.3) is 0 Å². The summed E-state index contributed by atoms with van der Waals surface area (Å²) in [6.07, 6.45) is 3.19. The molecule has 2 aliphatic rings. The fraction of sp³-hybridized carbons (Fsp3) is 0.706. The van der Waals surface area contributed by atoms with Crippen molar-refractivity contribution >= 4 is 11.8 Å². The van der Waals surface area contributed by atoms with Gasteiger partial charge in [-0.25, -0.2) is 4.79 Å². The highest BCUT2D eigenvalue weighted by atomic mass is 16.5. The fourth-order valence-electron chi connectivity index (χ4n) is 3.26. The Morgan fingerprint density at radius 2 is 2.04 bits per heavy atom. The van der Waals surface area contributed by atoms with E-state index in [2.05, 4.69) is 31.8 Å². The zero-order chi connectivity index (χ0) is 17.5. The SMILES string of the molecule is COCCNCCNC(=O)N1CCc2nnc(N3CCCC3)cc2C1. The van der Waals surface area contributed by atoms with Gasteiger partial charge >= 0.3 is 6.03 Å². The lowest BCUT2D eigenvalue weighted by Gasteiger charge is -2.29. The molecule has 138 valence electrons. The van der Waals surface area contributed by atoms with Gasteiger partial charge < -0.3 is 25.2 Å². The molecular formula is C17H28N6O2. The molecule has 0 radical (unpaired) electrons. The highest BCUT2D eigenvalue weighted by molar-refractivity contribution is 5.74. The van der Waals surface area contributed by atoms with Gasteiger partial charge in [-0.1, -0.05) is 0 Å². The molecule has 1 saturated heterocycles. The topological polar surface area (TPSA) is 82.6 Å². The number of anilines is 1. The maximum absolute atomic E-state index is 12.4. The molecule has 0 unspecified atom stereocenters. The van der Waals surface area contributed by atoms with E-state index >= 15 is 0 Å². The molecule has 1 fully saturated rings. The lowest BCUT2D eigenvalue weighted by Crippen LogP contribution is -2.45. The first-order valence-corrected chi connectivity index (χ1v) is 9.11. The standard InChI is InChI=1S/C17H28N6O2/c1-25-11-7-18-5-6-19-17(24)23-10-4-15-14(13-23)12-16(21-20-15)22-8-2-3-9-22/h12,18H,2-11,13H2,1H3,(H,19,24). The summed E-state index contributed by atoms with van der Waals surface area (Å²) in [4.78, 5) is 16.5. The van der Waals surface area contributed by atoms with E-state index < -0.39 is 0 Å². The Labute approximate surface area is 148 Å². The molecule has 1 aromatic rings. The molecular weight excluding hydrogens is 320 g/mol. The molecule has 3 rings (SSSR count). The van der Waals surface area contributed by atoms with E-state index in [1.54, 1.807) is 7.11 Å². The average Bonchev–Trinajstić information content (AvgIpc) is 3.18. The van der Waals surface area contributed by atoms with Crippen molar-refractivity contribution in [2.45, 2.75) is 25.8 Å². The third-order valence-electron chi connectivity index (χ3n) is 4.71. The molecule has 8 heteroatoms. The van der Waals surface area contributed by atoms with Crippen molar-refractivity contribution in [3.8, 4) is 0 Å². The number of nitrogens with zero attached hydrogens (tertiary/aromatic N) is 4. The number of fused-ring (bicyclic) bond motifs is 1. The van der Waals surface area contributed by atoms with Crippen molar-refractivity contribution in [1.82, 2.24) is 25.7 Å². The average molecular weight is 348 g/mol. The second kappa shape index (κ2) is 8.96. The zero-order valence-corrected chi connectivity index (χ0v) is 15.0. The van der Waals surface area contributed by atoms with Crippen LogP contribution in [0.15, 0.2) is 6.07 Å². The molecule has 0 spiro atoms. The molecule has 0 atom stereocenters. The molecule has 0 saturated carbocycles. The van der Waals surface area contributed by atoms with Crippen LogP contribution in [0.2, 0.25) is 0 Å². The molecule has 0 aromatic carbocycles. The minimum Gasteiger partial charge on any atom is -0.383 e. The van der Waals surface area contributed by atoms with Gasteiger partial charge in [-0.2, -0.15) is 5.10 Å². The van der Waals surface area contributed by atoms with Crippen molar-refractivity contribution < 1.29 is 9.53 Å². The quantitative estimate of drug-likeness (QED) is 0.693. The predicted molar refractivity (Wildman–Crippen MR) is 95.7 cm³/mol. The highest BCUT2D eigenvalue weighted by Crippen LogP contribution is 2.23. The van der Waals surface area contributed by atoms with E-state index in [-0.39, 0.29) is 6.03 Å². The molecule has 2 N–H and O–H groups in total. The van der Waals surface area contributed by atoms with Crippen LogP contribution in [0.4, 0.5) is 10.6 Å². The van der Waals surface area contributed by atoms with Gasteiger partial charge in [-0.3, -0.25) is 0 Å². The van der Waals surface area contributed by atoms with Crippen molar-refractivity contribution in [3.63, 3.8) is 0 Å². The van der Waals surface area contributed by atoms with E-state index in [4.69, 9.17) is 4.74 Å². The van der Waals surface area contributed by atoms with Crippen LogP contribution in [-0.2, 0) is 17.7 Å². The van der Waals surface area contributed by atoms with E-state index in [1.807, 2.05) is 4.90 Å². The number of hydrogen-bond acceptors (Lipinski definition) is 6. The second-order valence-corrected chi connectivity index (χ2v) is 6.51. The Hall–Kier alpha value is -1.93. The van der Waals surface area contributed by atoms with Crippen molar-refractivity contribution in [3.05, 3.63) is 17.3 Å². The summed E-state index contributed by atoms with van der Waals surface area (Å²) < 4.78 is 4.97. The number of carbonyl (C=O) groups is 1. The van der Waals surface area contributed by atoms with Gasteiger partial charge in [-0.05, 0) is 24.5 Å². The van der Waals surface area contributed by atoms with Crippen LogP contribution < -0.4 is 15.5 Å². The predicted octanol–water partition coefficient (Wildman–Crippen LogP) is 0.381. The summed E-state index contributed by atoms with van der Waals surface area (Å²) in [5.41, 5.74) is 2.14. The minimum atomic E-state index is -0.0151. The van der Waals surface area contributed by atoms with Crippen LogP contribution in [0.1, 0.15) is 24.1 Å². The monoisotopic (exact) mass is 348 g/mol. The molecule has 2 aliphatic heterocycles. The van der Waals surface area contributed by atoms with Crippen LogP contribution in [0.5, 0.6) is 0 Å². The first kappa shape index (κ1) is 17.9. The molecule has 0 aliphatic carbocycles. The van der Waals surface area contributed by atoms with E-state index in [0.717, 1.165) is 49.7 Å². The number of nitrogens with one attached hydrogen (secondary N) is 2. The fourth-order valence-corrected chi connectivity index (χ4v) is 3.26. The Balaban J connectivity index is 1.49. The minimum absolute atomic E-state index is 0.0151. The summed E-state index contributed by atoms with van der Waals surface area (Å²) in [6.45, 7) is 6.21. The molecule has 8 nitrogen and oxygen atoms in total. The lowest BCUT2D eigenvalue weighted by molar-refractivity contribution is 0.190. The van der Waals surface area contributed by atoms with Crippen LogP contribution >= 0.6 is 0 Å². The van der Waals surface area contributed by atoms with Gasteiger partial charge in [0, 0.05) is 59.3 Å². The number of carbonyl (C=O) groups excluding carboxylic acids is 1. The Bertz CT molecular complexity index is 576. The lowest BCUT2D eigenvalue weighted by atomic mass is 10.1. The largest absolute Gasteiger partial charge is 0.383 e. The van der Waals surface area contributed by atoms with Gasteiger partial charge in [0.15, 0.2) is 5.82 Å². The molecule has 3 heterocycles. The third kappa shape index (κ3) is 4.79. The van der Waals surface area contributed by atoms with Crippen LogP contribution in [0, 0.1) is 0 Å². The first-order valence-electron chi connectivity index (χ1n) is 9.11. The van der Waals surface area contributed by atoms with Crippen LogP contribution in [-0.4, -0.2) is 74.1 Å². The molecule has 0 bridgehead atoms. The summed E-state index contributed by atoms with van der Waals surface area (Å²) >= 11 is 0. The number of amides is 2. The summed E-state index contributed by atoms with van der Waals surface area (Å²) in [5, 5.41) is 14.9. The second-order valence-electron chi connectivity index (χ2n) is 6.51. The Morgan fingerprint density at radius 3 is 2.84 bits per heavy atom. The van der Waals surface area contributed by atoms with E-state index in [0.29, 0.717) is 26.2 Å².